The van der Waals surface area contributed by atoms with Crippen LogP contribution >= 0.6 is 0 Å². The van der Waals surface area contributed by atoms with Crippen molar-refractivity contribution in [1.29, 1.82) is 0 Å². The van der Waals surface area contributed by atoms with Crippen LogP contribution in [-0.4, -0.2) is 45.5 Å². The highest BCUT2D eigenvalue weighted by atomic mass is 16.6. The Labute approximate surface area is 144 Å². The smallest absolute Gasteiger partial charge is 0.410 e. The molecule has 0 spiro atoms. The molecule has 5 nitrogen and oxygen atoms in total. The Hall–Kier alpha value is -1.59. The van der Waals surface area contributed by atoms with E-state index in [4.69, 9.17) is 4.74 Å². The fraction of sp³-hybridized carbons (Fsp3) is 0.632. The third-order valence-electron chi connectivity index (χ3n) is 4.91. The lowest BCUT2D eigenvalue weighted by atomic mass is 9.74. The van der Waals surface area contributed by atoms with Gasteiger partial charge in [0, 0.05) is 24.9 Å². The first-order valence-corrected chi connectivity index (χ1v) is 8.47. The number of piperidine rings is 1. The number of aliphatic hydroxyl groups is 2. The first-order valence-electron chi connectivity index (χ1n) is 8.47. The number of benzene rings is 1. The van der Waals surface area contributed by atoms with Crippen molar-refractivity contribution >= 4 is 6.09 Å². The lowest BCUT2D eigenvalue weighted by Crippen LogP contribution is -2.54. The lowest BCUT2D eigenvalue weighted by molar-refractivity contribution is -0.0758. The van der Waals surface area contributed by atoms with Gasteiger partial charge in [-0.2, -0.15) is 0 Å². The first kappa shape index (κ1) is 18.7. The zero-order valence-corrected chi connectivity index (χ0v) is 15.0. The van der Waals surface area contributed by atoms with E-state index in [9.17, 15) is 15.0 Å². The minimum Gasteiger partial charge on any atom is -0.445 e. The van der Waals surface area contributed by atoms with Crippen LogP contribution in [0.1, 0.15) is 39.7 Å². The molecular formula is C19H29NO4. The fourth-order valence-corrected chi connectivity index (χ4v) is 3.08. The quantitative estimate of drug-likeness (QED) is 0.888. The van der Waals surface area contributed by atoms with Gasteiger partial charge in [0.15, 0.2) is 0 Å². The second-order valence-electron chi connectivity index (χ2n) is 7.88. The van der Waals surface area contributed by atoms with Gasteiger partial charge in [0.25, 0.3) is 0 Å². The summed E-state index contributed by atoms with van der Waals surface area (Å²) in [6.45, 7) is 8.08. The molecule has 1 aliphatic heterocycles. The maximum Gasteiger partial charge on any atom is 0.410 e. The van der Waals surface area contributed by atoms with E-state index in [-0.39, 0.29) is 18.4 Å². The van der Waals surface area contributed by atoms with E-state index in [1.807, 2.05) is 30.3 Å². The van der Waals surface area contributed by atoms with E-state index in [1.54, 1.807) is 32.6 Å². The molecule has 2 N–H and O–H groups in total. The number of amides is 1. The van der Waals surface area contributed by atoms with E-state index >= 15 is 0 Å². The summed E-state index contributed by atoms with van der Waals surface area (Å²) in [5.74, 6) is -0.209. The Morgan fingerprint density at radius 3 is 2.04 bits per heavy atom. The number of ether oxygens (including phenoxy) is 1. The number of likely N-dealkylation sites (tertiary alicyclic amines) is 1. The molecule has 0 aliphatic carbocycles. The molecule has 1 saturated heterocycles. The summed E-state index contributed by atoms with van der Waals surface area (Å²) >= 11 is 0. The normalized spacial score (nSPS) is 22.3. The topological polar surface area (TPSA) is 70.0 Å². The molecule has 2 rings (SSSR count). The Morgan fingerprint density at radius 1 is 1.08 bits per heavy atom. The highest BCUT2D eigenvalue weighted by molar-refractivity contribution is 5.67. The highest BCUT2D eigenvalue weighted by Crippen LogP contribution is 2.35. The van der Waals surface area contributed by atoms with Gasteiger partial charge in [-0.3, -0.25) is 0 Å². The van der Waals surface area contributed by atoms with E-state index in [1.165, 1.54) is 0 Å². The van der Waals surface area contributed by atoms with Crippen molar-refractivity contribution in [1.82, 2.24) is 4.90 Å². The largest absolute Gasteiger partial charge is 0.445 e. The van der Waals surface area contributed by atoms with Crippen LogP contribution in [0.4, 0.5) is 4.79 Å². The van der Waals surface area contributed by atoms with Gasteiger partial charge in [0.05, 0.1) is 11.2 Å². The monoisotopic (exact) mass is 335 g/mol. The molecular weight excluding hydrogens is 306 g/mol. The molecule has 1 fully saturated rings. The maximum atomic E-state index is 12.5. The Morgan fingerprint density at radius 2 is 1.58 bits per heavy atom. The van der Waals surface area contributed by atoms with E-state index < -0.39 is 17.3 Å². The zero-order valence-electron chi connectivity index (χ0n) is 15.0. The number of hydrogen-bond acceptors (Lipinski definition) is 4. The van der Waals surface area contributed by atoms with E-state index in [0.29, 0.717) is 19.5 Å². The summed E-state index contributed by atoms with van der Waals surface area (Å²) < 4.78 is 5.41. The molecule has 0 radical (unpaired) electrons. The molecule has 1 heterocycles. The van der Waals surface area contributed by atoms with Crippen molar-refractivity contribution in [2.75, 3.05) is 13.1 Å². The Kier molecular flexibility index (Phi) is 5.56. The highest BCUT2D eigenvalue weighted by Gasteiger charge is 2.42. The van der Waals surface area contributed by atoms with Crippen molar-refractivity contribution in [2.24, 2.45) is 11.8 Å². The van der Waals surface area contributed by atoms with Crippen LogP contribution in [0, 0.1) is 11.8 Å². The second kappa shape index (κ2) is 7.11. The predicted octanol–water partition coefficient (Wildman–Crippen LogP) is 2.80. The summed E-state index contributed by atoms with van der Waals surface area (Å²) in [5.41, 5.74) is -0.898. The van der Waals surface area contributed by atoms with Crippen LogP contribution in [0.3, 0.4) is 0 Å². The van der Waals surface area contributed by atoms with Crippen LogP contribution in [0.25, 0.3) is 0 Å². The molecule has 0 unspecified atom stereocenters. The third-order valence-corrected chi connectivity index (χ3v) is 4.91. The second-order valence-corrected chi connectivity index (χ2v) is 7.88. The molecule has 24 heavy (non-hydrogen) atoms. The van der Waals surface area contributed by atoms with Crippen LogP contribution in [0.15, 0.2) is 30.3 Å². The summed E-state index contributed by atoms with van der Waals surface area (Å²) in [6.07, 6.45) is 0.275. The molecule has 0 bridgehead atoms. The van der Waals surface area contributed by atoms with Gasteiger partial charge in [0.2, 0.25) is 0 Å². The Balaban J connectivity index is 2.05. The zero-order chi connectivity index (χ0) is 18.0. The SMILES string of the molecule is CC(C)(O)[C@@H]1C[C@H](C(C)(C)O)CN(C(=O)OCc2ccccc2)C1. The number of carbonyl (C=O) groups is 1. The molecule has 1 aromatic rings. The van der Waals surface area contributed by atoms with Crippen molar-refractivity contribution in [2.45, 2.75) is 51.9 Å². The summed E-state index contributed by atoms with van der Waals surface area (Å²) in [5, 5.41) is 20.7. The van der Waals surface area contributed by atoms with Crippen molar-refractivity contribution in [3.63, 3.8) is 0 Å². The summed E-state index contributed by atoms with van der Waals surface area (Å²) in [7, 11) is 0. The first-order chi connectivity index (χ1) is 11.1. The molecule has 134 valence electrons. The van der Waals surface area contributed by atoms with Crippen LogP contribution in [-0.2, 0) is 11.3 Å². The Bertz CT molecular complexity index is 523. The number of carbonyl (C=O) groups excluding carboxylic acids is 1. The minimum absolute atomic E-state index is 0.105. The van der Waals surface area contributed by atoms with Gasteiger partial charge < -0.3 is 19.8 Å². The number of nitrogens with zero attached hydrogens (tertiary/aromatic N) is 1. The van der Waals surface area contributed by atoms with Gasteiger partial charge in [0.1, 0.15) is 6.61 Å². The van der Waals surface area contributed by atoms with Crippen LogP contribution in [0.2, 0.25) is 0 Å². The van der Waals surface area contributed by atoms with Gasteiger partial charge in [-0.25, -0.2) is 4.79 Å². The lowest BCUT2D eigenvalue weighted by Gasteiger charge is -2.45. The average Bonchev–Trinajstić information content (AvgIpc) is 2.51. The minimum atomic E-state index is -0.915. The molecule has 1 aliphatic rings. The average molecular weight is 335 g/mol. The standard InChI is InChI=1S/C19H29NO4/c1-18(2,22)15-10-16(19(3,4)23)12-20(11-15)17(21)24-13-14-8-6-5-7-9-14/h5-9,15-16,22-23H,10-13H2,1-4H3/t15-,16+. The summed E-state index contributed by atoms with van der Waals surface area (Å²) in [4.78, 5) is 14.1. The van der Waals surface area contributed by atoms with E-state index in [0.717, 1.165) is 5.56 Å². The molecule has 0 saturated carbocycles. The van der Waals surface area contributed by atoms with E-state index in [2.05, 4.69) is 0 Å². The van der Waals surface area contributed by atoms with Gasteiger partial charge in [-0.05, 0) is 39.7 Å². The number of hydrogen-bond donors (Lipinski definition) is 2. The van der Waals surface area contributed by atoms with Gasteiger partial charge in [-0.1, -0.05) is 30.3 Å². The summed E-state index contributed by atoms with van der Waals surface area (Å²) in [6, 6.07) is 9.53. The van der Waals surface area contributed by atoms with Crippen LogP contribution < -0.4 is 0 Å². The van der Waals surface area contributed by atoms with Crippen molar-refractivity contribution < 1.29 is 19.7 Å². The predicted molar refractivity (Wildman–Crippen MR) is 92.4 cm³/mol. The number of rotatable bonds is 4. The fourth-order valence-electron chi connectivity index (χ4n) is 3.08. The maximum absolute atomic E-state index is 12.5. The molecule has 1 aromatic carbocycles. The van der Waals surface area contributed by atoms with Gasteiger partial charge >= 0.3 is 6.09 Å². The van der Waals surface area contributed by atoms with Gasteiger partial charge in [-0.15, -0.1) is 0 Å². The molecule has 2 atom stereocenters. The molecule has 1 amide bonds. The van der Waals surface area contributed by atoms with Crippen LogP contribution in [0.5, 0.6) is 0 Å². The molecule has 0 aromatic heterocycles. The molecule has 5 heteroatoms. The third kappa shape index (κ3) is 4.95. The van der Waals surface area contributed by atoms with Crippen molar-refractivity contribution in [3.05, 3.63) is 35.9 Å². The van der Waals surface area contributed by atoms with Crippen molar-refractivity contribution in [3.8, 4) is 0 Å².